The number of fused-ring (bicyclic) bond motifs is 1. The molecule has 0 aliphatic carbocycles. The lowest BCUT2D eigenvalue weighted by atomic mass is 10.1. The first-order chi connectivity index (χ1) is 6.09. The zero-order chi connectivity index (χ0) is 9.59. The number of thioether (sulfide) groups is 1. The van der Waals surface area contributed by atoms with Gasteiger partial charge in [-0.25, -0.2) is 4.79 Å². The quantitative estimate of drug-likeness (QED) is 0.559. The number of rotatable bonds is 1. The summed E-state index contributed by atoms with van der Waals surface area (Å²) < 4.78 is 0. The van der Waals surface area contributed by atoms with E-state index < -0.39 is 17.4 Å². The van der Waals surface area contributed by atoms with Gasteiger partial charge in [0.25, 0.3) is 0 Å². The van der Waals surface area contributed by atoms with Gasteiger partial charge in [-0.3, -0.25) is 4.79 Å². The van der Waals surface area contributed by atoms with E-state index in [1.165, 1.54) is 16.7 Å². The van der Waals surface area contributed by atoms with Crippen molar-refractivity contribution in [2.45, 2.75) is 29.7 Å². The van der Waals surface area contributed by atoms with E-state index in [1.54, 1.807) is 0 Å². The Morgan fingerprint density at radius 1 is 1.62 bits per heavy atom. The van der Waals surface area contributed by atoms with Gasteiger partial charge in [-0.05, 0) is 0 Å². The molecule has 0 saturated carbocycles. The Bertz CT molecular complexity index is 269. The first-order valence-electron chi connectivity index (χ1n) is 3.97. The molecule has 2 saturated heterocycles. The molecule has 72 valence electrons. The number of amides is 1. The highest BCUT2D eigenvalue weighted by atomic mass is 32.2. The number of carbonyl (C=O) groups excluding carboxylic acids is 1. The van der Waals surface area contributed by atoms with Crippen LogP contribution in [0.3, 0.4) is 0 Å². The number of aliphatic hydroxyl groups excluding tert-OH is 1. The van der Waals surface area contributed by atoms with Crippen molar-refractivity contribution in [1.82, 2.24) is 4.90 Å². The SMILES string of the molecule is O=C(O)C1CC(O)S[C@@H]2CC(=O)N12. The largest absolute Gasteiger partial charge is 0.480 e. The topological polar surface area (TPSA) is 77.8 Å². The van der Waals surface area contributed by atoms with Crippen LogP contribution in [-0.4, -0.2) is 43.8 Å². The number of carbonyl (C=O) groups is 2. The first kappa shape index (κ1) is 8.83. The van der Waals surface area contributed by atoms with Crippen molar-refractivity contribution >= 4 is 23.6 Å². The Kier molecular flexibility index (Phi) is 1.96. The molecule has 2 rings (SSSR count). The van der Waals surface area contributed by atoms with Crippen LogP contribution < -0.4 is 0 Å². The maximum Gasteiger partial charge on any atom is 0.326 e. The highest BCUT2D eigenvalue weighted by Crippen LogP contribution is 2.40. The van der Waals surface area contributed by atoms with Crippen LogP contribution in [0.5, 0.6) is 0 Å². The van der Waals surface area contributed by atoms with Gasteiger partial charge >= 0.3 is 5.97 Å². The Morgan fingerprint density at radius 3 is 2.85 bits per heavy atom. The minimum Gasteiger partial charge on any atom is -0.480 e. The number of carboxylic acids is 1. The Balaban J connectivity index is 2.15. The molecule has 0 bridgehead atoms. The van der Waals surface area contributed by atoms with Crippen molar-refractivity contribution in [3.05, 3.63) is 0 Å². The zero-order valence-electron chi connectivity index (χ0n) is 6.71. The molecule has 13 heavy (non-hydrogen) atoms. The molecule has 6 heteroatoms. The van der Waals surface area contributed by atoms with E-state index in [-0.39, 0.29) is 17.7 Å². The lowest BCUT2D eigenvalue weighted by Gasteiger charge is -2.48. The molecule has 2 N–H and O–H groups in total. The minimum absolute atomic E-state index is 0.127. The van der Waals surface area contributed by atoms with Gasteiger partial charge in [0.15, 0.2) is 0 Å². The van der Waals surface area contributed by atoms with Gasteiger partial charge in [-0.1, -0.05) is 0 Å². The highest BCUT2D eigenvalue weighted by molar-refractivity contribution is 8.00. The van der Waals surface area contributed by atoms with E-state index >= 15 is 0 Å². The fourth-order valence-electron chi connectivity index (χ4n) is 1.65. The van der Waals surface area contributed by atoms with Crippen molar-refractivity contribution < 1.29 is 19.8 Å². The second kappa shape index (κ2) is 2.88. The molecule has 2 unspecified atom stereocenters. The zero-order valence-corrected chi connectivity index (χ0v) is 7.53. The average molecular weight is 203 g/mol. The molecule has 2 aliphatic heterocycles. The Labute approximate surface area is 78.7 Å². The van der Waals surface area contributed by atoms with E-state index in [2.05, 4.69) is 0 Å². The molecular weight excluding hydrogens is 194 g/mol. The number of hydrogen-bond donors (Lipinski definition) is 2. The standard InChI is InChI=1S/C7H9NO4S/c9-4-2-5-8(4)3(7(11)12)1-6(10)13-5/h3,5-6,10H,1-2H2,(H,11,12)/t3?,5-,6?/m1/s1. The third-order valence-electron chi connectivity index (χ3n) is 2.31. The van der Waals surface area contributed by atoms with Crippen LogP contribution in [0.25, 0.3) is 0 Å². The fourth-order valence-corrected chi connectivity index (χ4v) is 2.94. The molecule has 2 aliphatic rings. The highest BCUT2D eigenvalue weighted by Gasteiger charge is 2.49. The summed E-state index contributed by atoms with van der Waals surface area (Å²) in [5.74, 6) is -1.16. The maximum atomic E-state index is 11.1. The van der Waals surface area contributed by atoms with Gasteiger partial charge in [-0.2, -0.15) is 0 Å². The van der Waals surface area contributed by atoms with Crippen LogP contribution in [0.2, 0.25) is 0 Å². The van der Waals surface area contributed by atoms with E-state index in [4.69, 9.17) is 5.11 Å². The molecule has 0 aromatic heterocycles. The van der Waals surface area contributed by atoms with Gasteiger partial charge in [-0.15, -0.1) is 11.8 Å². The summed E-state index contributed by atoms with van der Waals surface area (Å²) >= 11 is 1.26. The van der Waals surface area contributed by atoms with Crippen molar-refractivity contribution in [2.24, 2.45) is 0 Å². The van der Waals surface area contributed by atoms with E-state index in [0.717, 1.165) is 0 Å². The lowest BCUT2D eigenvalue weighted by molar-refractivity contribution is -0.159. The summed E-state index contributed by atoms with van der Waals surface area (Å²) in [4.78, 5) is 23.1. The molecule has 1 amide bonds. The summed E-state index contributed by atoms with van der Waals surface area (Å²) in [6, 6.07) is -0.831. The minimum atomic E-state index is -1.03. The predicted octanol–water partition coefficient (Wildman–Crippen LogP) is -0.547. The summed E-state index contributed by atoms with van der Waals surface area (Å²) in [5, 5.41) is 18.0. The predicted molar refractivity (Wildman–Crippen MR) is 44.9 cm³/mol. The second-order valence-electron chi connectivity index (χ2n) is 3.14. The van der Waals surface area contributed by atoms with Gasteiger partial charge in [0, 0.05) is 6.42 Å². The van der Waals surface area contributed by atoms with Crippen molar-refractivity contribution in [2.75, 3.05) is 0 Å². The molecular formula is C7H9NO4S. The van der Waals surface area contributed by atoms with Crippen molar-refractivity contribution in [3.8, 4) is 0 Å². The number of aliphatic hydroxyl groups is 1. The molecule has 0 aromatic rings. The Hall–Kier alpha value is -0.750. The monoisotopic (exact) mass is 203 g/mol. The van der Waals surface area contributed by atoms with Crippen LogP contribution in [-0.2, 0) is 9.59 Å². The third-order valence-corrected chi connectivity index (χ3v) is 3.52. The van der Waals surface area contributed by atoms with Crippen molar-refractivity contribution in [3.63, 3.8) is 0 Å². The number of nitrogens with zero attached hydrogens (tertiary/aromatic N) is 1. The van der Waals surface area contributed by atoms with E-state index in [9.17, 15) is 14.7 Å². The molecule has 0 spiro atoms. The third kappa shape index (κ3) is 1.30. The summed E-state index contributed by atoms with van der Waals surface area (Å²) in [5.41, 5.74) is -0.657. The van der Waals surface area contributed by atoms with Crippen LogP contribution in [0, 0.1) is 0 Å². The molecule has 0 radical (unpaired) electrons. The van der Waals surface area contributed by atoms with E-state index in [1.807, 2.05) is 0 Å². The normalized spacial score (nSPS) is 38.1. The summed E-state index contributed by atoms with van der Waals surface area (Å²) in [7, 11) is 0. The summed E-state index contributed by atoms with van der Waals surface area (Å²) in [6.07, 6.45) is 0.480. The van der Waals surface area contributed by atoms with Gasteiger partial charge in [0.1, 0.15) is 11.5 Å². The summed E-state index contributed by atoms with van der Waals surface area (Å²) in [6.45, 7) is 0. The molecule has 2 fully saturated rings. The number of β-lactam (4-membered cyclic amide) rings is 1. The second-order valence-corrected chi connectivity index (χ2v) is 4.50. The van der Waals surface area contributed by atoms with Gasteiger partial charge in [0.2, 0.25) is 5.91 Å². The molecule has 5 nitrogen and oxygen atoms in total. The maximum absolute atomic E-state index is 11.1. The number of hydrogen-bond acceptors (Lipinski definition) is 4. The molecule has 0 aromatic carbocycles. The molecule has 2 heterocycles. The Morgan fingerprint density at radius 2 is 2.31 bits per heavy atom. The number of aliphatic carboxylic acids is 1. The van der Waals surface area contributed by atoms with Crippen LogP contribution in [0.15, 0.2) is 0 Å². The molecule has 3 atom stereocenters. The lowest BCUT2D eigenvalue weighted by Crippen LogP contribution is -2.62. The van der Waals surface area contributed by atoms with Crippen LogP contribution in [0.1, 0.15) is 12.8 Å². The van der Waals surface area contributed by atoms with E-state index in [0.29, 0.717) is 6.42 Å². The van der Waals surface area contributed by atoms with Crippen LogP contribution >= 0.6 is 11.8 Å². The fraction of sp³-hybridized carbons (Fsp3) is 0.714. The first-order valence-corrected chi connectivity index (χ1v) is 4.91. The van der Waals surface area contributed by atoms with Gasteiger partial charge < -0.3 is 15.1 Å². The average Bonchev–Trinajstić information content (AvgIpc) is 2.01. The number of carboxylic acid groups (broad SMARTS) is 1. The van der Waals surface area contributed by atoms with Crippen LogP contribution in [0.4, 0.5) is 0 Å². The van der Waals surface area contributed by atoms with Crippen molar-refractivity contribution in [1.29, 1.82) is 0 Å². The smallest absolute Gasteiger partial charge is 0.326 e. The van der Waals surface area contributed by atoms with Gasteiger partial charge in [0.05, 0.1) is 11.8 Å².